The highest BCUT2D eigenvalue weighted by atomic mass is 16.4. The van der Waals surface area contributed by atoms with Crippen molar-refractivity contribution < 1.29 is 15.0 Å². The minimum absolute atomic E-state index is 0.0705. The first-order valence-corrected chi connectivity index (χ1v) is 4.22. The molecular formula is C9H14O3. The largest absolute Gasteiger partial charge is 0.478 e. The Kier molecular flexibility index (Phi) is 2.87. The average molecular weight is 170 g/mol. The first-order valence-electron chi connectivity index (χ1n) is 4.22. The summed E-state index contributed by atoms with van der Waals surface area (Å²) in [7, 11) is 0. The molecule has 1 aliphatic carbocycles. The molecule has 1 aliphatic rings. The van der Waals surface area contributed by atoms with Crippen LogP contribution < -0.4 is 0 Å². The SMILES string of the molecule is CC(O)C1CCCC1=CC(=O)O. The van der Waals surface area contributed by atoms with Crippen LogP contribution in [0.2, 0.25) is 0 Å². The predicted octanol–water partition coefficient (Wildman–Crippen LogP) is 1.18. The molecule has 3 nitrogen and oxygen atoms in total. The lowest BCUT2D eigenvalue weighted by Gasteiger charge is -2.14. The average Bonchev–Trinajstić information content (AvgIpc) is 2.33. The van der Waals surface area contributed by atoms with Crippen LogP contribution in [0.4, 0.5) is 0 Å². The van der Waals surface area contributed by atoms with Crippen LogP contribution in [0.1, 0.15) is 26.2 Å². The van der Waals surface area contributed by atoms with Crippen LogP contribution in [0.25, 0.3) is 0 Å². The summed E-state index contributed by atoms with van der Waals surface area (Å²) in [6, 6.07) is 0. The van der Waals surface area contributed by atoms with Crippen LogP contribution in [0.5, 0.6) is 0 Å². The summed E-state index contributed by atoms with van der Waals surface area (Å²) in [4.78, 5) is 10.4. The van der Waals surface area contributed by atoms with Crippen LogP contribution >= 0.6 is 0 Å². The van der Waals surface area contributed by atoms with E-state index >= 15 is 0 Å². The quantitative estimate of drug-likeness (QED) is 0.612. The van der Waals surface area contributed by atoms with Gasteiger partial charge in [-0.3, -0.25) is 0 Å². The van der Waals surface area contributed by atoms with Gasteiger partial charge in [0.2, 0.25) is 0 Å². The van der Waals surface area contributed by atoms with Gasteiger partial charge in [0, 0.05) is 12.0 Å². The summed E-state index contributed by atoms with van der Waals surface area (Å²) in [5.74, 6) is -0.835. The predicted molar refractivity (Wildman–Crippen MR) is 44.7 cm³/mol. The van der Waals surface area contributed by atoms with E-state index in [2.05, 4.69) is 0 Å². The molecule has 68 valence electrons. The molecule has 2 atom stereocenters. The molecule has 1 fully saturated rings. The molecule has 1 saturated carbocycles. The number of hydrogen-bond acceptors (Lipinski definition) is 2. The maximum absolute atomic E-state index is 10.4. The smallest absolute Gasteiger partial charge is 0.328 e. The Balaban J connectivity index is 2.70. The molecular weight excluding hydrogens is 156 g/mol. The summed E-state index contributed by atoms with van der Waals surface area (Å²) in [6.07, 6.45) is 3.55. The van der Waals surface area contributed by atoms with Crippen molar-refractivity contribution in [3.63, 3.8) is 0 Å². The van der Waals surface area contributed by atoms with Crippen LogP contribution in [-0.2, 0) is 4.79 Å². The van der Waals surface area contributed by atoms with E-state index in [0.717, 1.165) is 24.8 Å². The third-order valence-corrected chi connectivity index (χ3v) is 2.35. The summed E-state index contributed by atoms with van der Waals surface area (Å²) in [6.45, 7) is 1.71. The molecule has 1 rings (SSSR count). The van der Waals surface area contributed by atoms with Crippen molar-refractivity contribution in [1.82, 2.24) is 0 Å². The Morgan fingerprint density at radius 1 is 1.75 bits per heavy atom. The van der Waals surface area contributed by atoms with Crippen molar-refractivity contribution in [3.8, 4) is 0 Å². The molecule has 3 heteroatoms. The van der Waals surface area contributed by atoms with Crippen molar-refractivity contribution in [2.45, 2.75) is 32.3 Å². The van der Waals surface area contributed by atoms with E-state index in [4.69, 9.17) is 5.11 Å². The molecule has 0 heterocycles. The van der Waals surface area contributed by atoms with E-state index < -0.39 is 12.1 Å². The van der Waals surface area contributed by atoms with Crippen molar-refractivity contribution >= 4 is 5.97 Å². The molecule has 0 spiro atoms. The molecule has 0 aromatic carbocycles. The Morgan fingerprint density at radius 2 is 2.42 bits per heavy atom. The summed E-state index contributed by atoms with van der Waals surface area (Å²) in [5.41, 5.74) is 0.887. The maximum atomic E-state index is 10.4. The minimum atomic E-state index is -0.905. The number of carbonyl (C=O) groups is 1. The lowest BCUT2D eigenvalue weighted by atomic mass is 9.97. The second kappa shape index (κ2) is 3.72. The molecule has 0 amide bonds. The van der Waals surface area contributed by atoms with E-state index in [1.165, 1.54) is 6.08 Å². The first-order chi connectivity index (χ1) is 5.61. The Bertz CT molecular complexity index is 206. The zero-order valence-corrected chi connectivity index (χ0v) is 7.16. The molecule has 0 saturated heterocycles. The highest BCUT2D eigenvalue weighted by Gasteiger charge is 2.25. The van der Waals surface area contributed by atoms with Gasteiger partial charge in [0.05, 0.1) is 6.10 Å². The van der Waals surface area contributed by atoms with Crippen molar-refractivity contribution in [2.24, 2.45) is 5.92 Å². The standard InChI is InChI=1S/C9H14O3/c1-6(10)8-4-2-3-7(8)5-9(11)12/h5-6,8,10H,2-4H2,1H3,(H,11,12). The molecule has 2 N–H and O–H groups in total. The number of rotatable bonds is 2. The number of carboxylic acids is 1. The van der Waals surface area contributed by atoms with Gasteiger partial charge in [0.25, 0.3) is 0 Å². The summed E-state index contributed by atoms with van der Waals surface area (Å²) < 4.78 is 0. The molecule has 2 unspecified atom stereocenters. The molecule has 0 aromatic heterocycles. The normalized spacial score (nSPS) is 29.2. The number of carboxylic acid groups (broad SMARTS) is 1. The van der Waals surface area contributed by atoms with E-state index in [0.29, 0.717) is 0 Å². The zero-order chi connectivity index (χ0) is 9.14. The Hall–Kier alpha value is -0.830. The fourth-order valence-corrected chi connectivity index (χ4v) is 1.79. The van der Waals surface area contributed by atoms with Gasteiger partial charge in [-0.25, -0.2) is 4.79 Å². The summed E-state index contributed by atoms with van der Waals surface area (Å²) >= 11 is 0. The lowest BCUT2D eigenvalue weighted by Crippen LogP contribution is -2.15. The van der Waals surface area contributed by atoms with Gasteiger partial charge in [0.15, 0.2) is 0 Å². The van der Waals surface area contributed by atoms with Crippen molar-refractivity contribution in [2.75, 3.05) is 0 Å². The van der Waals surface area contributed by atoms with Crippen LogP contribution in [0, 0.1) is 5.92 Å². The van der Waals surface area contributed by atoms with E-state index in [1.807, 2.05) is 0 Å². The number of hydrogen-bond donors (Lipinski definition) is 2. The topological polar surface area (TPSA) is 57.5 Å². The fourth-order valence-electron chi connectivity index (χ4n) is 1.79. The maximum Gasteiger partial charge on any atom is 0.328 e. The Morgan fingerprint density at radius 3 is 2.92 bits per heavy atom. The van der Waals surface area contributed by atoms with Gasteiger partial charge in [-0.2, -0.15) is 0 Å². The monoisotopic (exact) mass is 170 g/mol. The highest BCUT2D eigenvalue weighted by molar-refractivity contribution is 5.80. The molecule has 0 aromatic rings. The molecule has 0 radical (unpaired) electrons. The second-order valence-corrected chi connectivity index (χ2v) is 3.30. The number of aliphatic hydroxyl groups is 1. The number of aliphatic carboxylic acids is 1. The molecule has 12 heavy (non-hydrogen) atoms. The van der Waals surface area contributed by atoms with Gasteiger partial charge in [-0.15, -0.1) is 0 Å². The zero-order valence-electron chi connectivity index (χ0n) is 7.16. The first kappa shape index (κ1) is 9.26. The van der Waals surface area contributed by atoms with Gasteiger partial charge in [0.1, 0.15) is 0 Å². The fraction of sp³-hybridized carbons (Fsp3) is 0.667. The van der Waals surface area contributed by atoms with Gasteiger partial charge >= 0.3 is 5.97 Å². The highest BCUT2D eigenvalue weighted by Crippen LogP contribution is 2.33. The van der Waals surface area contributed by atoms with Crippen LogP contribution in [-0.4, -0.2) is 22.3 Å². The molecule has 0 bridgehead atoms. The van der Waals surface area contributed by atoms with Crippen LogP contribution in [0.3, 0.4) is 0 Å². The van der Waals surface area contributed by atoms with Gasteiger partial charge in [-0.1, -0.05) is 5.57 Å². The third kappa shape index (κ3) is 2.08. The van der Waals surface area contributed by atoms with Gasteiger partial charge in [-0.05, 0) is 26.2 Å². The lowest BCUT2D eigenvalue weighted by molar-refractivity contribution is -0.131. The number of aliphatic hydroxyl groups excluding tert-OH is 1. The summed E-state index contributed by atoms with van der Waals surface area (Å²) in [5, 5.41) is 17.8. The van der Waals surface area contributed by atoms with E-state index in [-0.39, 0.29) is 5.92 Å². The minimum Gasteiger partial charge on any atom is -0.478 e. The van der Waals surface area contributed by atoms with Gasteiger partial charge < -0.3 is 10.2 Å². The third-order valence-electron chi connectivity index (χ3n) is 2.35. The second-order valence-electron chi connectivity index (χ2n) is 3.30. The van der Waals surface area contributed by atoms with Crippen molar-refractivity contribution in [3.05, 3.63) is 11.6 Å². The van der Waals surface area contributed by atoms with Crippen LogP contribution in [0.15, 0.2) is 11.6 Å². The van der Waals surface area contributed by atoms with E-state index in [1.54, 1.807) is 6.92 Å². The Labute approximate surface area is 71.7 Å². The molecule has 0 aliphatic heterocycles. The van der Waals surface area contributed by atoms with E-state index in [9.17, 15) is 9.90 Å². The van der Waals surface area contributed by atoms with Crippen molar-refractivity contribution in [1.29, 1.82) is 0 Å².